The molecule has 1 N–H and O–H groups in total. The van der Waals surface area contributed by atoms with E-state index in [-0.39, 0.29) is 0 Å². The van der Waals surface area contributed by atoms with Crippen LogP contribution in [0, 0.1) is 0 Å². The van der Waals surface area contributed by atoms with Gasteiger partial charge in [0.25, 0.3) is 0 Å². The summed E-state index contributed by atoms with van der Waals surface area (Å²) in [5.41, 5.74) is 0.750. The van der Waals surface area contributed by atoms with Crippen molar-refractivity contribution in [3.8, 4) is 0 Å². The number of carboxylic acids is 1. The summed E-state index contributed by atoms with van der Waals surface area (Å²) < 4.78 is 0. The molecule has 0 aliphatic heterocycles. The molecule has 1 aromatic rings. The largest absolute Gasteiger partial charge is 0.477 e. The molecule has 0 spiro atoms. The maximum absolute atomic E-state index is 11.3. The van der Waals surface area contributed by atoms with Gasteiger partial charge in [0.1, 0.15) is 4.88 Å². The minimum absolute atomic E-state index is 0.419. The molecule has 0 saturated heterocycles. The number of carboxylic acid groups (broad SMARTS) is 1. The summed E-state index contributed by atoms with van der Waals surface area (Å²) in [6.07, 6.45) is 9.26. The van der Waals surface area contributed by atoms with E-state index in [2.05, 4.69) is 23.9 Å². The van der Waals surface area contributed by atoms with E-state index in [0.29, 0.717) is 10.9 Å². The first-order valence-electron chi connectivity index (χ1n) is 7.59. The minimum Gasteiger partial charge on any atom is -0.477 e. The van der Waals surface area contributed by atoms with Crippen molar-refractivity contribution >= 4 is 22.4 Å². The molecule has 0 aromatic carbocycles. The third-order valence-corrected chi connectivity index (χ3v) is 5.22. The lowest BCUT2D eigenvalue weighted by Gasteiger charge is -2.26. The lowest BCUT2D eigenvalue weighted by Crippen LogP contribution is -2.30. The molecular formula is C15H24N2O2S. The summed E-state index contributed by atoms with van der Waals surface area (Å²) in [7, 11) is 2.07. The number of aromatic carboxylic acids is 1. The van der Waals surface area contributed by atoms with E-state index in [4.69, 9.17) is 0 Å². The molecule has 20 heavy (non-hydrogen) atoms. The summed E-state index contributed by atoms with van der Waals surface area (Å²) >= 11 is 1.33. The highest BCUT2D eigenvalue weighted by Crippen LogP contribution is 2.31. The molecule has 1 aliphatic rings. The van der Waals surface area contributed by atoms with Crippen LogP contribution in [0.15, 0.2) is 0 Å². The zero-order chi connectivity index (χ0) is 14.5. The molecule has 112 valence electrons. The first-order chi connectivity index (χ1) is 9.63. The van der Waals surface area contributed by atoms with Gasteiger partial charge in [0.2, 0.25) is 0 Å². The topological polar surface area (TPSA) is 53.4 Å². The number of aromatic nitrogens is 1. The van der Waals surface area contributed by atoms with Crippen LogP contribution in [0.5, 0.6) is 0 Å². The smallest absolute Gasteiger partial charge is 0.347 e. The molecule has 5 heteroatoms. The predicted octanol–water partition coefficient (Wildman–Crippen LogP) is 3.95. The van der Waals surface area contributed by atoms with Crippen LogP contribution in [0.3, 0.4) is 0 Å². The second-order valence-corrected chi connectivity index (χ2v) is 6.56. The Bertz CT molecular complexity index is 451. The van der Waals surface area contributed by atoms with Gasteiger partial charge in [-0.25, -0.2) is 9.78 Å². The summed E-state index contributed by atoms with van der Waals surface area (Å²) in [6.45, 7) is 2.06. The highest BCUT2D eigenvalue weighted by atomic mass is 32.1. The van der Waals surface area contributed by atoms with Crippen LogP contribution in [0.25, 0.3) is 0 Å². The standard InChI is InChI=1S/C15H24N2O2S/c1-3-8-12-13(14(18)19)20-15(16-12)17(2)11-9-6-4-5-7-10-11/h11H,3-10H2,1-2H3,(H,18,19). The van der Waals surface area contributed by atoms with E-state index in [1.54, 1.807) is 0 Å². The zero-order valence-corrected chi connectivity index (χ0v) is 13.2. The number of nitrogens with zero attached hydrogens (tertiary/aromatic N) is 2. The van der Waals surface area contributed by atoms with Crippen molar-refractivity contribution in [3.05, 3.63) is 10.6 Å². The Hall–Kier alpha value is -1.10. The van der Waals surface area contributed by atoms with Crippen LogP contribution in [-0.2, 0) is 6.42 Å². The number of anilines is 1. The number of thiazole rings is 1. The maximum atomic E-state index is 11.3. The Balaban J connectivity index is 2.18. The fourth-order valence-corrected chi connectivity index (χ4v) is 3.85. The highest BCUT2D eigenvalue weighted by Gasteiger charge is 2.23. The molecule has 1 heterocycles. The van der Waals surface area contributed by atoms with Gasteiger partial charge in [0.15, 0.2) is 5.13 Å². The fourth-order valence-electron chi connectivity index (χ4n) is 2.86. The van der Waals surface area contributed by atoms with Gasteiger partial charge in [-0.05, 0) is 19.3 Å². The normalized spacial score (nSPS) is 16.9. The maximum Gasteiger partial charge on any atom is 0.347 e. The molecule has 0 radical (unpaired) electrons. The summed E-state index contributed by atoms with van der Waals surface area (Å²) in [4.78, 5) is 18.5. The molecule has 4 nitrogen and oxygen atoms in total. The molecule has 1 aromatic heterocycles. The molecule has 0 atom stereocenters. The van der Waals surface area contributed by atoms with Crippen molar-refractivity contribution in [2.75, 3.05) is 11.9 Å². The van der Waals surface area contributed by atoms with Crippen LogP contribution in [0.1, 0.15) is 67.2 Å². The molecule has 1 saturated carbocycles. The quantitative estimate of drug-likeness (QED) is 0.836. The van der Waals surface area contributed by atoms with Gasteiger partial charge >= 0.3 is 5.97 Å². The van der Waals surface area contributed by atoms with E-state index in [1.165, 1.54) is 49.9 Å². The molecule has 1 aliphatic carbocycles. The molecule has 0 unspecified atom stereocenters. The average Bonchev–Trinajstić information content (AvgIpc) is 2.67. The van der Waals surface area contributed by atoms with Crippen LogP contribution < -0.4 is 4.90 Å². The second-order valence-electron chi connectivity index (χ2n) is 5.58. The molecule has 0 amide bonds. The first kappa shape index (κ1) is 15.3. The van der Waals surface area contributed by atoms with Crippen LogP contribution >= 0.6 is 11.3 Å². The van der Waals surface area contributed by atoms with Gasteiger partial charge < -0.3 is 10.0 Å². The Morgan fingerprint density at radius 3 is 2.55 bits per heavy atom. The van der Waals surface area contributed by atoms with Crippen LogP contribution in [-0.4, -0.2) is 29.1 Å². The summed E-state index contributed by atoms with van der Waals surface area (Å²) in [5, 5.41) is 10.2. The lowest BCUT2D eigenvalue weighted by atomic mass is 10.1. The number of aryl methyl sites for hydroxylation is 1. The van der Waals surface area contributed by atoms with E-state index < -0.39 is 5.97 Å². The third kappa shape index (κ3) is 3.51. The number of hydrogen-bond acceptors (Lipinski definition) is 4. The number of hydrogen-bond donors (Lipinski definition) is 1. The van der Waals surface area contributed by atoms with E-state index in [1.807, 2.05) is 0 Å². The van der Waals surface area contributed by atoms with Crippen molar-refractivity contribution in [3.63, 3.8) is 0 Å². The number of carbonyl (C=O) groups is 1. The van der Waals surface area contributed by atoms with Crippen molar-refractivity contribution in [2.45, 2.75) is 64.3 Å². The highest BCUT2D eigenvalue weighted by molar-refractivity contribution is 7.17. The van der Waals surface area contributed by atoms with E-state index in [0.717, 1.165) is 23.7 Å². The van der Waals surface area contributed by atoms with Crippen LogP contribution in [0.2, 0.25) is 0 Å². The second kappa shape index (κ2) is 7.07. The predicted molar refractivity (Wildman–Crippen MR) is 83.0 cm³/mol. The average molecular weight is 296 g/mol. The van der Waals surface area contributed by atoms with E-state index in [9.17, 15) is 9.90 Å². The number of rotatable bonds is 5. The fraction of sp³-hybridized carbons (Fsp3) is 0.733. The Labute approximate surface area is 124 Å². The van der Waals surface area contributed by atoms with Crippen molar-refractivity contribution in [2.24, 2.45) is 0 Å². The molecular weight excluding hydrogens is 272 g/mol. The zero-order valence-electron chi connectivity index (χ0n) is 12.4. The molecule has 2 rings (SSSR count). The van der Waals surface area contributed by atoms with Gasteiger partial charge in [0.05, 0.1) is 5.69 Å². The first-order valence-corrected chi connectivity index (χ1v) is 8.41. The van der Waals surface area contributed by atoms with Gasteiger partial charge in [-0.15, -0.1) is 0 Å². The Morgan fingerprint density at radius 1 is 1.35 bits per heavy atom. The van der Waals surface area contributed by atoms with Gasteiger partial charge in [-0.1, -0.05) is 50.4 Å². The van der Waals surface area contributed by atoms with E-state index >= 15 is 0 Å². The lowest BCUT2D eigenvalue weighted by molar-refractivity contribution is 0.0700. The minimum atomic E-state index is -0.841. The third-order valence-electron chi connectivity index (χ3n) is 4.04. The van der Waals surface area contributed by atoms with Crippen molar-refractivity contribution in [1.82, 2.24) is 4.98 Å². The van der Waals surface area contributed by atoms with Gasteiger partial charge in [0, 0.05) is 13.1 Å². The summed E-state index contributed by atoms with van der Waals surface area (Å²) in [5.74, 6) is -0.841. The Kier molecular flexibility index (Phi) is 5.40. The van der Waals surface area contributed by atoms with Crippen LogP contribution in [0.4, 0.5) is 5.13 Å². The van der Waals surface area contributed by atoms with Crippen molar-refractivity contribution < 1.29 is 9.90 Å². The monoisotopic (exact) mass is 296 g/mol. The Morgan fingerprint density at radius 2 is 2.00 bits per heavy atom. The van der Waals surface area contributed by atoms with Crippen molar-refractivity contribution in [1.29, 1.82) is 0 Å². The van der Waals surface area contributed by atoms with Gasteiger partial charge in [-0.2, -0.15) is 0 Å². The molecule has 1 fully saturated rings. The summed E-state index contributed by atoms with van der Waals surface area (Å²) in [6, 6.07) is 0.514. The van der Waals surface area contributed by atoms with Gasteiger partial charge in [-0.3, -0.25) is 0 Å². The SMILES string of the molecule is CCCc1nc(N(C)C2CCCCCC2)sc1C(=O)O. The molecule has 0 bridgehead atoms.